The average Bonchev–Trinajstić information content (AvgIpc) is 1.98. The SMILES string of the molecule is C=C(C)C(=O)N[C@@H](CO)[C@@H](C)O. The van der Waals surface area contributed by atoms with Gasteiger partial charge in [0.2, 0.25) is 5.91 Å². The molecule has 70 valence electrons. The minimum atomic E-state index is -0.765. The van der Waals surface area contributed by atoms with Crippen LogP contribution in [-0.2, 0) is 4.79 Å². The largest absolute Gasteiger partial charge is 0.394 e. The molecule has 0 aliphatic carbocycles. The van der Waals surface area contributed by atoms with Crippen LogP contribution in [-0.4, -0.2) is 34.9 Å². The zero-order valence-electron chi connectivity index (χ0n) is 7.37. The minimum Gasteiger partial charge on any atom is -0.394 e. The summed E-state index contributed by atoms with van der Waals surface area (Å²) in [5.41, 5.74) is 0.356. The second-order valence-electron chi connectivity index (χ2n) is 2.78. The van der Waals surface area contributed by atoms with E-state index in [4.69, 9.17) is 10.2 Å². The Hall–Kier alpha value is -0.870. The lowest BCUT2D eigenvalue weighted by Gasteiger charge is -2.18. The van der Waals surface area contributed by atoms with Crippen molar-refractivity contribution in [3.63, 3.8) is 0 Å². The lowest BCUT2D eigenvalue weighted by atomic mass is 10.2. The third kappa shape index (κ3) is 3.50. The zero-order chi connectivity index (χ0) is 9.72. The fourth-order valence-electron chi connectivity index (χ4n) is 0.610. The van der Waals surface area contributed by atoms with Crippen molar-refractivity contribution >= 4 is 5.91 Å². The molecule has 1 amide bonds. The van der Waals surface area contributed by atoms with Crippen LogP contribution in [0.15, 0.2) is 12.2 Å². The molecule has 0 aromatic rings. The monoisotopic (exact) mass is 173 g/mol. The molecule has 4 heteroatoms. The summed E-state index contributed by atoms with van der Waals surface area (Å²) in [6.45, 7) is 6.21. The summed E-state index contributed by atoms with van der Waals surface area (Å²) in [6, 6.07) is -0.616. The summed E-state index contributed by atoms with van der Waals surface area (Å²) in [4.78, 5) is 11.0. The van der Waals surface area contributed by atoms with Crippen LogP contribution in [0.3, 0.4) is 0 Å². The highest BCUT2D eigenvalue weighted by atomic mass is 16.3. The predicted molar refractivity (Wildman–Crippen MR) is 45.5 cm³/mol. The molecular weight excluding hydrogens is 158 g/mol. The topological polar surface area (TPSA) is 69.6 Å². The predicted octanol–water partition coefficient (Wildman–Crippen LogP) is -0.580. The Labute approximate surface area is 71.9 Å². The van der Waals surface area contributed by atoms with Crippen LogP contribution in [0.1, 0.15) is 13.8 Å². The van der Waals surface area contributed by atoms with E-state index in [0.717, 1.165) is 0 Å². The fourth-order valence-corrected chi connectivity index (χ4v) is 0.610. The van der Waals surface area contributed by atoms with Crippen molar-refractivity contribution in [1.29, 1.82) is 0 Å². The molecule has 4 nitrogen and oxygen atoms in total. The van der Waals surface area contributed by atoms with Crippen LogP contribution in [0.2, 0.25) is 0 Å². The first-order valence-corrected chi connectivity index (χ1v) is 3.74. The highest BCUT2D eigenvalue weighted by Crippen LogP contribution is 1.94. The molecule has 0 aliphatic rings. The lowest BCUT2D eigenvalue weighted by Crippen LogP contribution is -2.44. The lowest BCUT2D eigenvalue weighted by molar-refractivity contribution is -0.119. The average molecular weight is 173 g/mol. The van der Waals surface area contributed by atoms with Crippen molar-refractivity contribution in [1.82, 2.24) is 5.32 Å². The molecule has 0 saturated carbocycles. The Morgan fingerprint density at radius 3 is 2.42 bits per heavy atom. The van der Waals surface area contributed by atoms with Gasteiger partial charge in [0.1, 0.15) is 0 Å². The summed E-state index contributed by atoms with van der Waals surface area (Å²) in [6.07, 6.45) is -0.765. The van der Waals surface area contributed by atoms with Gasteiger partial charge in [-0.3, -0.25) is 4.79 Å². The van der Waals surface area contributed by atoms with Gasteiger partial charge >= 0.3 is 0 Å². The molecule has 0 aliphatic heterocycles. The molecule has 0 unspecified atom stereocenters. The first-order chi connectivity index (χ1) is 5.49. The Kier molecular flexibility index (Phi) is 4.54. The van der Waals surface area contributed by atoms with Gasteiger partial charge in [-0.2, -0.15) is 0 Å². The van der Waals surface area contributed by atoms with E-state index in [9.17, 15) is 4.79 Å². The zero-order valence-corrected chi connectivity index (χ0v) is 7.37. The van der Waals surface area contributed by atoms with Crippen LogP contribution in [0.25, 0.3) is 0 Å². The van der Waals surface area contributed by atoms with Gasteiger partial charge in [0, 0.05) is 5.57 Å². The van der Waals surface area contributed by atoms with Crippen molar-refractivity contribution in [2.75, 3.05) is 6.61 Å². The number of carbonyl (C=O) groups is 1. The van der Waals surface area contributed by atoms with Gasteiger partial charge in [-0.25, -0.2) is 0 Å². The standard InChI is InChI=1S/C8H15NO3/c1-5(2)8(12)9-7(4-10)6(3)11/h6-7,10-11H,1,4H2,2-3H3,(H,9,12)/t6-,7+/m1/s1. The molecule has 2 atom stereocenters. The molecule has 0 bridgehead atoms. The van der Waals surface area contributed by atoms with Crippen molar-refractivity contribution < 1.29 is 15.0 Å². The van der Waals surface area contributed by atoms with Crippen LogP contribution in [0.4, 0.5) is 0 Å². The van der Waals surface area contributed by atoms with Gasteiger partial charge in [-0.15, -0.1) is 0 Å². The Bertz CT molecular complexity index is 177. The van der Waals surface area contributed by atoms with E-state index in [2.05, 4.69) is 11.9 Å². The van der Waals surface area contributed by atoms with E-state index >= 15 is 0 Å². The number of hydrogen-bond donors (Lipinski definition) is 3. The van der Waals surface area contributed by atoms with Gasteiger partial charge in [0.15, 0.2) is 0 Å². The molecule has 0 heterocycles. The Morgan fingerprint density at radius 1 is 1.67 bits per heavy atom. The van der Waals surface area contributed by atoms with Gasteiger partial charge in [0.05, 0.1) is 18.8 Å². The molecule has 0 aromatic heterocycles. The molecule has 0 fully saturated rings. The molecule has 0 radical (unpaired) electrons. The quantitative estimate of drug-likeness (QED) is 0.498. The third-order valence-electron chi connectivity index (χ3n) is 1.48. The molecule has 0 spiro atoms. The maximum Gasteiger partial charge on any atom is 0.246 e. The van der Waals surface area contributed by atoms with E-state index < -0.39 is 12.1 Å². The summed E-state index contributed by atoms with van der Waals surface area (Å²) in [5, 5.41) is 20.2. The molecule has 0 saturated heterocycles. The van der Waals surface area contributed by atoms with Crippen molar-refractivity contribution in [3.05, 3.63) is 12.2 Å². The van der Waals surface area contributed by atoms with E-state index in [0.29, 0.717) is 5.57 Å². The number of rotatable bonds is 4. The summed E-state index contributed by atoms with van der Waals surface area (Å²) in [7, 11) is 0. The highest BCUT2D eigenvalue weighted by molar-refractivity contribution is 5.92. The minimum absolute atomic E-state index is 0.281. The van der Waals surface area contributed by atoms with Gasteiger partial charge in [0.25, 0.3) is 0 Å². The summed E-state index contributed by atoms with van der Waals surface area (Å²) < 4.78 is 0. The first kappa shape index (κ1) is 11.1. The van der Waals surface area contributed by atoms with E-state index in [1.165, 1.54) is 6.92 Å². The van der Waals surface area contributed by atoms with E-state index in [1.807, 2.05) is 0 Å². The van der Waals surface area contributed by atoms with Crippen LogP contribution in [0.5, 0.6) is 0 Å². The Morgan fingerprint density at radius 2 is 2.17 bits per heavy atom. The number of amides is 1. The molecule has 12 heavy (non-hydrogen) atoms. The van der Waals surface area contributed by atoms with E-state index in [1.54, 1.807) is 6.92 Å². The molecule has 0 aromatic carbocycles. The molecule has 0 rings (SSSR count). The van der Waals surface area contributed by atoms with Gasteiger partial charge in [-0.05, 0) is 13.8 Å². The smallest absolute Gasteiger partial charge is 0.246 e. The van der Waals surface area contributed by atoms with Gasteiger partial charge < -0.3 is 15.5 Å². The normalized spacial score (nSPS) is 15.0. The Balaban J connectivity index is 4.03. The number of hydrogen-bond acceptors (Lipinski definition) is 3. The van der Waals surface area contributed by atoms with Crippen molar-refractivity contribution in [2.45, 2.75) is 26.0 Å². The number of aliphatic hydroxyl groups is 2. The fraction of sp³-hybridized carbons (Fsp3) is 0.625. The second-order valence-corrected chi connectivity index (χ2v) is 2.78. The highest BCUT2D eigenvalue weighted by Gasteiger charge is 2.16. The van der Waals surface area contributed by atoms with Crippen LogP contribution >= 0.6 is 0 Å². The van der Waals surface area contributed by atoms with Gasteiger partial charge in [-0.1, -0.05) is 6.58 Å². The molecule has 3 N–H and O–H groups in total. The maximum absolute atomic E-state index is 11.0. The summed E-state index contributed by atoms with van der Waals surface area (Å²) >= 11 is 0. The van der Waals surface area contributed by atoms with E-state index in [-0.39, 0.29) is 12.5 Å². The number of aliphatic hydroxyl groups excluding tert-OH is 2. The summed E-state index contributed by atoms with van der Waals surface area (Å²) in [5.74, 6) is -0.352. The third-order valence-corrected chi connectivity index (χ3v) is 1.48. The van der Waals surface area contributed by atoms with Crippen molar-refractivity contribution in [3.8, 4) is 0 Å². The van der Waals surface area contributed by atoms with Crippen LogP contribution in [0, 0.1) is 0 Å². The first-order valence-electron chi connectivity index (χ1n) is 3.74. The molecular formula is C8H15NO3. The second kappa shape index (κ2) is 4.90. The van der Waals surface area contributed by atoms with Crippen LogP contribution < -0.4 is 5.32 Å². The van der Waals surface area contributed by atoms with Crippen molar-refractivity contribution in [2.24, 2.45) is 0 Å². The maximum atomic E-state index is 11.0. The number of nitrogens with one attached hydrogen (secondary N) is 1. The number of carbonyl (C=O) groups excluding carboxylic acids is 1.